The van der Waals surface area contributed by atoms with Crippen molar-refractivity contribution in [2.75, 3.05) is 21.3 Å². The number of fused-ring (bicyclic) bond motifs is 9. The van der Waals surface area contributed by atoms with Crippen LogP contribution >= 0.6 is 0 Å². The largest absolute Gasteiger partial charge is 0.496 e. The summed E-state index contributed by atoms with van der Waals surface area (Å²) in [7, 11) is 3.90. The van der Waals surface area contributed by atoms with Crippen molar-refractivity contribution >= 4 is 50.6 Å². The van der Waals surface area contributed by atoms with Crippen molar-refractivity contribution in [3.63, 3.8) is 0 Å². The molecule has 93 heavy (non-hydrogen) atoms. The summed E-state index contributed by atoms with van der Waals surface area (Å²) in [5.41, 5.74) is -8.47. The molecule has 466 valence electrons. The van der Waals surface area contributed by atoms with E-state index in [1.54, 1.807) is 42.5 Å². The minimum Gasteiger partial charge on any atom is -0.496 e. The molecular weight excluding hydrogens is 1250 g/mol. The number of aromatic amines is 2. The molecule has 5 aliphatic rings. The fraction of sp³-hybridized carbons (Fsp3) is 0.0580. The van der Waals surface area contributed by atoms with Gasteiger partial charge < -0.3 is 29.5 Å². The third-order valence-corrected chi connectivity index (χ3v) is 15.8. The predicted molar refractivity (Wildman–Crippen MR) is 315 cm³/mol. The number of hydrogen-bond acceptors (Lipinski definition) is 7. The summed E-state index contributed by atoms with van der Waals surface area (Å²) < 4.78 is 256. The molecule has 8 aromatic rings. The average Bonchev–Trinajstić information content (AvgIpc) is 1.74. The lowest BCUT2D eigenvalue weighted by Gasteiger charge is -2.21. The predicted octanol–water partition coefficient (Wildman–Crippen LogP) is 14.5. The van der Waals surface area contributed by atoms with E-state index in [9.17, 15) is 13.2 Å². The zero-order valence-corrected chi connectivity index (χ0v) is 47.7. The first-order chi connectivity index (χ1) is 44.8. The summed E-state index contributed by atoms with van der Waals surface area (Å²) in [5, 5.41) is 2.62. The molecule has 0 fully saturated rings. The molecule has 0 spiro atoms. The molecule has 7 heterocycles. The molecule has 12 bridgehead atoms. The maximum absolute atomic E-state index is 16.6. The summed E-state index contributed by atoms with van der Waals surface area (Å²) in [6.45, 7) is 0. The van der Waals surface area contributed by atoms with Gasteiger partial charge in [-0.3, -0.25) is 0 Å². The first-order valence-corrected chi connectivity index (χ1v) is 27.6. The van der Waals surface area contributed by atoms with Crippen molar-refractivity contribution in [1.82, 2.24) is 15.3 Å². The van der Waals surface area contributed by atoms with E-state index in [0.717, 1.165) is 12.2 Å². The van der Waals surface area contributed by atoms with Crippen molar-refractivity contribution in [2.24, 2.45) is 15.0 Å². The van der Waals surface area contributed by atoms with Gasteiger partial charge in [-0.25, -0.2) is 80.8 Å². The van der Waals surface area contributed by atoms with E-state index in [4.69, 9.17) is 29.2 Å². The number of halogens is 15. The Morgan fingerprint density at radius 2 is 0.677 bits per heavy atom. The zero-order chi connectivity index (χ0) is 65.6. The van der Waals surface area contributed by atoms with E-state index in [2.05, 4.69) is 15.3 Å². The lowest BCUT2D eigenvalue weighted by molar-refractivity contribution is 0.376. The van der Waals surface area contributed by atoms with E-state index in [1.165, 1.54) is 112 Å². The third-order valence-electron chi connectivity index (χ3n) is 15.8. The van der Waals surface area contributed by atoms with Gasteiger partial charge in [-0.2, -0.15) is 0 Å². The van der Waals surface area contributed by atoms with Gasteiger partial charge in [0.15, 0.2) is 69.8 Å². The molecule has 5 aliphatic heterocycles. The average molecular weight is 1280 g/mol. The second-order valence-electron chi connectivity index (χ2n) is 20.8. The van der Waals surface area contributed by atoms with Gasteiger partial charge in [-0.15, -0.1) is 0 Å². The van der Waals surface area contributed by atoms with E-state index in [1.807, 2.05) is 0 Å². The normalized spacial score (nSPS) is 20.3. The summed E-state index contributed by atoms with van der Waals surface area (Å²) >= 11 is 0. The summed E-state index contributed by atoms with van der Waals surface area (Å²) in [4.78, 5) is 20.2. The first kappa shape index (κ1) is 60.6. The second kappa shape index (κ2) is 23.5. The van der Waals surface area contributed by atoms with E-state index >= 15 is 52.7 Å². The Balaban J connectivity index is 1.21. The highest BCUT2D eigenvalue weighted by molar-refractivity contribution is 6.35. The van der Waals surface area contributed by atoms with Crippen molar-refractivity contribution in [1.29, 1.82) is 0 Å². The smallest absolute Gasteiger partial charge is 0.200 e. The van der Waals surface area contributed by atoms with Gasteiger partial charge in [-0.05, 0) is 85.0 Å². The molecule has 6 aromatic carbocycles. The van der Waals surface area contributed by atoms with Gasteiger partial charge in [0.2, 0.25) is 17.5 Å². The van der Waals surface area contributed by atoms with E-state index in [-0.39, 0.29) is 90.2 Å². The number of aliphatic imine (C=N–C) groups is 3. The van der Waals surface area contributed by atoms with Gasteiger partial charge in [0.1, 0.15) is 17.2 Å². The van der Waals surface area contributed by atoms with Crippen LogP contribution in [0.4, 0.5) is 65.9 Å². The van der Waals surface area contributed by atoms with Crippen LogP contribution in [0.25, 0.3) is 33.4 Å². The first-order valence-electron chi connectivity index (χ1n) is 27.6. The minimum absolute atomic E-state index is 0.00697. The van der Waals surface area contributed by atoms with Crippen molar-refractivity contribution in [3.05, 3.63) is 311 Å². The number of nitrogens with one attached hydrogen (secondary N) is 3. The number of hydrogen-bond donors (Lipinski definition) is 3. The van der Waals surface area contributed by atoms with Gasteiger partial charge in [0.05, 0.1) is 78.3 Å². The highest BCUT2D eigenvalue weighted by atomic mass is 19.2. The number of methoxy groups -OCH3 is 3. The molecule has 1 atom stereocenters. The lowest BCUT2D eigenvalue weighted by Crippen LogP contribution is -2.26. The Morgan fingerprint density at radius 3 is 1.16 bits per heavy atom. The number of ether oxygens (including phenoxy) is 3. The summed E-state index contributed by atoms with van der Waals surface area (Å²) in [6, 6.07) is 21.9. The molecular formula is C69H37F15N6O3. The molecule has 1 unspecified atom stereocenters. The number of benzene rings is 6. The second-order valence-corrected chi connectivity index (χ2v) is 20.8. The molecule has 3 N–H and O–H groups in total. The van der Waals surface area contributed by atoms with Crippen LogP contribution in [0.1, 0.15) is 44.8 Å². The van der Waals surface area contributed by atoms with Gasteiger partial charge in [0.25, 0.3) is 0 Å². The SMILES string of the molecule is COc1ccccc1/C1=C2\C=CC(=N2)/C(c2c(F)c(F)c(F)c(F)c2F)=c2/cc/c([nH]2)=C(\c2ccccc2OC)C2=N/C(=C(\c3c(F)c(F)c(F)c(F)c3F)C3C=C/C(=C(\c4ccccc4OC)c4ccc([nH]4)/C(c4c(F)c(F)c(F)c(F)c4F)=C4/C=CC1=N4)N3)C=C2. The Kier molecular flexibility index (Phi) is 15.3. The monoisotopic (exact) mass is 1280 g/mol. The Morgan fingerprint density at radius 1 is 0.323 bits per heavy atom. The van der Waals surface area contributed by atoms with Crippen LogP contribution in [0, 0.1) is 87.3 Å². The van der Waals surface area contributed by atoms with Crippen molar-refractivity contribution < 1.29 is 80.1 Å². The molecule has 2 aromatic heterocycles. The Labute approximate surface area is 515 Å². The molecule has 0 aliphatic carbocycles. The number of H-pyrrole nitrogens is 2. The molecule has 24 heteroatoms. The number of aromatic nitrogens is 2. The molecule has 9 nitrogen and oxygen atoms in total. The summed E-state index contributed by atoms with van der Waals surface area (Å²) in [5.74, 6) is -35.1. The molecule has 0 saturated heterocycles. The number of allylic oxidation sites excluding steroid dienone is 8. The summed E-state index contributed by atoms with van der Waals surface area (Å²) in [6.07, 6.45) is 9.92. The highest BCUT2D eigenvalue weighted by Gasteiger charge is 2.38. The minimum atomic E-state index is -2.51. The van der Waals surface area contributed by atoms with Crippen LogP contribution in [0.15, 0.2) is 183 Å². The Hall–Kier alpha value is -11.3. The third kappa shape index (κ3) is 9.81. The molecule has 13 rings (SSSR count). The molecule has 0 amide bonds. The van der Waals surface area contributed by atoms with Crippen molar-refractivity contribution in [3.8, 4) is 17.2 Å². The maximum atomic E-state index is 16.6. The quantitative estimate of drug-likeness (QED) is 0.0760. The fourth-order valence-corrected chi connectivity index (χ4v) is 11.6. The highest BCUT2D eigenvalue weighted by Crippen LogP contribution is 2.44. The van der Waals surface area contributed by atoms with Gasteiger partial charge in [0, 0.05) is 77.9 Å². The zero-order valence-electron chi connectivity index (χ0n) is 47.7. The van der Waals surface area contributed by atoms with Gasteiger partial charge >= 0.3 is 0 Å². The topological polar surface area (TPSA) is 108 Å². The maximum Gasteiger partial charge on any atom is 0.200 e. The Bertz CT molecular complexity index is 5070. The van der Waals surface area contributed by atoms with Crippen LogP contribution in [-0.4, -0.2) is 54.5 Å². The van der Waals surface area contributed by atoms with Crippen LogP contribution in [0.2, 0.25) is 0 Å². The molecule has 0 saturated carbocycles. The standard InChI is InChI=1S/C69H37F15N6O3/c1-91-43-13-7-4-10-28(43)46-31-16-22-37(85-31)49(52-55(70)61(76)67(82)62(77)56(52)71)39-24-18-33(87-39)47(29-11-5-8-14-44(29)92-2)35-20-26-41(89-35)51(54-59(74)65(80)69(84)66(81)60(54)75)42-27-21-36(90-42)48(30-12-6-9-15-45(30)93-3)34-19-25-40(88-34)50(38-23-17-32(46)86-38)53-57(72)63(78)68(83)64(79)58(53)73/h4-27,37,85-86,89H,1-3H3/b46-31-,47-35-,48-36-,49-39-,50-40+,51-41+. The number of para-hydroxylation sites is 3. The lowest BCUT2D eigenvalue weighted by atomic mass is 9.95. The van der Waals surface area contributed by atoms with Crippen LogP contribution < -0.4 is 30.2 Å². The van der Waals surface area contributed by atoms with E-state index < -0.39 is 149 Å². The van der Waals surface area contributed by atoms with Crippen LogP contribution in [0.3, 0.4) is 0 Å². The van der Waals surface area contributed by atoms with Crippen LogP contribution in [-0.2, 0) is 0 Å². The van der Waals surface area contributed by atoms with Gasteiger partial charge in [-0.1, -0.05) is 60.7 Å². The van der Waals surface area contributed by atoms with Crippen LogP contribution in [0.5, 0.6) is 17.2 Å². The van der Waals surface area contributed by atoms with Crippen molar-refractivity contribution in [2.45, 2.75) is 6.04 Å². The number of rotatable bonds is 9. The number of nitrogens with zero attached hydrogens (tertiary/aromatic N) is 3. The van der Waals surface area contributed by atoms with E-state index in [0.29, 0.717) is 0 Å². The fourth-order valence-electron chi connectivity index (χ4n) is 11.6. The molecule has 0 radical (unpaired) electrons.